The molecule has 1 aromatic rings. The summed E-state index contributed by atoms with van der Waals surface area (Å²) in [5.74, 6) is 0.705. The lowest BCUT2D eigenvalue weighted by molar-refractivity contribution is 0.117. The summed E-state index contributed by atoms with van der Waals surface area (Å²) in [6.07, 6.45) is 2.49. The van der Waals surface area contributed by atoms with Crippen molar-refractivity contribution in [3.8, 4) is 0 Å². The average molecular weight is 318 g/mol. The lowest BCUT2D eigenvalue weighted by Crippen LogP contribution is -2.31. The van der Waals surface area contributed by atoms with Crippen molar-refractivity contribution in [2.75, 3.05) is 33.9 Å². The molecule has 0 radical (unpaired) electrons. The van der Waals surface area contributed by atoms with Gasteiger partial charge in [-0.25, -0.2) is 8.42 Å². The monoisotopic (exact) mass is 318 g/mol. The molecule has 1 aromatic heterocycles. The highest BCUT2D eigenvalue weighted by atomic mass is 32.2. The van der Waals surface area contributed by atoms with Gasteiger partial charge in [0, 0.05) is 31.6 Å². The molecule has 0 aliphatic heterocycles. The molecule has 2 rings (SSSR count). The number of hydrogen-bond acceptors (Lipinski definition) is 5. The van der Waals surface area contributed by atoms with Gasteiger partial charge in [0.05, 0.1) is 11.5 Å². The summed E-state index contributed by atoms with van der Waals surface area (Å²) in [6.45, 7) is 2.18. The number of nitrogens with zero attached hydrogens (tertiary/aromatic N) is 1. The quantitative estimate of drug-likeness (QED) is 0.701. The van der Waals surface area contributed by atoms with Crippen LogP contribution in [-0.2, 0) is 21.3 Å². The zero-order valence-corrected chi connectivity index (χ0v) is 13.6. The molecule has 0 bridgehead atoms. The van der Waals surface area contributed by atoms with E-state index in [9.17, 15) is 8.42 Å². The predicted octanol–water partition coefficient (Wildman–Crippen LogP) is 1.51. The van der Waals surface area contributed by atoms with E-state index in [4.69, 9.17) is 4.74 Å². The highest BCUT2D eigenvalue weighted by Gasteiger charge is 2.25. The molecular weight excluding hydrogens is 296 g/mol. The van der Waals surface area contributed by atoms with Gasteiger partial charge in [-0.2, -0.15) is 4.31 Å². The highest BCUT2D eigenvalue weighted by molar-refractivity contribution is 7.89. The summed E-state index contributed by atoms with van der Waals surface area (Å²) < 4.78 is 31.8. The molecule has 1 aliphatic carbocycles. The third-order valence-electron chi connectivity index (χ3n) is 3.33. The Kier molecular flexibility index (Phi) is 5.57. The van der Waals surface area contributed by atoms with Crippen LogP contribution in [0.25, 0.3) is 0 Å². The Bertz CT molecular complexity index is 523. The van der Waals surface area contributed by atoms with E-state index in [-0.39, 0.29) is 0 Å². The van der Waals surface area contributed by atoms with Crippen LogP contribution in [-0.4, -0.2) is 46.6 Å². The number of hydrogen-bond donors (Lipinski definition) is 1. The van der Waals surface area contributed by atoms with Crippen molar-refractivity contribution in [3.05, 3.63) is 16.3 Å². The fraction of sp³-hybridized carbons (Fsp3) is 0.692. The highest BCUT2D eigenvalue weighted by Crippen LogP contribution is 2.28. The fourth-order valence-corrected chi connectivity index (χ4v) is 4.44. The van der Waals surface area contributed by atoms with Crippen LogP contribution in [0.3, 0.4) is 0 Å². The molecule has 7 heteroatoms. The second-order valence-corrected chi connectivity index (χ2v) is 8.10. The van der Waals surface area contributed by atoms with E-state index in [0.717, 1.165) is 11.5 Å². The SMILES string of the molecule is CNCc1sccc1S(=O)(=O)N(C)CCOCC1CC1. The third-order valence-corrected chi connectivity index (χ3v) is 6.32. The summed E-state index contributed by atoms with van der Waals surface area (Å²) in [5.41, 5.74) is 0. The minimum Gasteiger partial charge on any atom is -0.380 e. The number of nitrogens with one attached hydrogen (secondary N) is 1. The molecule has 20 heavy (non-hydrogen) atoms. The number of likely N-dealkylation sites (N-methyl/N-ethyl adjacent to an activating group) is 1. The molecule has 0 unspecified atom stereocenters. The zero-order chi connectivity index (χ0) is 14.6. The largest absolute Gasteiger partial charge is 0.380 e. The van der Waals surface area contributed by atoms with Crippen LogP contribution in [0.4, 0.5) is 0 Å². The average Bonchev–Trinajstić information content (AvgIpc) is 3.12. The van der Waals surface area contributed by atoms with Gasteiger partial charge >= 0.3 is 0 Å². The maximum atomic E-state index is 12.5. The smallest absolute Gasteiger partial charge is 0.244 e. The molecule has 0 aromatic carbocycles. The van der Waals surface area contributed by atoms with E-state index in [0.29, 0.717) is 30.5 Å². The van der Waals surface area contributed by atoms with Crippen molar-refractivity contribution in [2.24, 2.45) is 5.92 Å². The Morgan fingerprint density at radius 1 is 1.50 bits per heavy atom. The van der Waals surface area contributed by atoms with Crippen LogP contribution >= 0.6 is 11.3 Å². The molecule has 1 heterocycles. The molecule has 1 N–H and O–H groups in total. The molecule has 5 nitrogen and oxygen atoms in total. The molecule has 0 amide bonds. The zero-order valence-electron chi connectivity index (χ0n) is 12.0. The maximum absolute atomic E-state index is 12.5. The van der Waals surface area contributed by atoms with Crippen molar-refractivity contribution < 1.29 is 13.2 Å². The van der Waals surface area contributed by atoms with Crippen molar-refractivity contribution in [1.29, 1.82) is 0 Å². The van der Waals surface area contributed by atoms with Crippen LogP contribution < -0.4 is 5.32 Å². The molecule has 1 fully saturated rings. The number of thiophene rings is 1. The van der Waals surface area contributed by atoms with Gasteiger partial charge in [0.15, 0.2) is 0 Å². The second-order valence-electron chi connectivity index (χ2n) is 5.08. The minimum atomic E-state index is -3.41. The molecular formula is C13H22N2O3S2. The minimum absolute atomic E-state index is 0.393. The van der Waals surface area contributed by atoms with E-state index in [1.54, 1.807) is 13.1 Å². The fourth-order valence-electron chi connectivity index (χ4n) is 1.86. The van der Waals surface area contributed by atoms with Crippen molar-refractivity contribution >= 4 is 21.4 Å². The Balaban J connectivity index is 1.91. The van der Waals surface area contributed by atoms with Crippen LogP contribution in [0.1, 0.15) is 17.7 Å². The Labute approximate surface area is 125 Å². The molecule has 1 saturated carbocycles. The lowest BCUT2D eigenvalue weighted by atomic mass is 10.5. The van der Waals surface area contributed by atoms with E-state index < -0.39 is 10.0 Å². The molecule has 0 atom stereocenters. The van der Waals surface area contributed by atoms with Crippen molar-refractivity contribution in [1.82, 2.24) is 9.62 Å². The number of rotatable bonds is 9. The number of ether oxygens (including phenoxy) is 1. The first kappa shape index (κ1) is 15.9. The van der Waals surface area contributed by atoms with Crippen LogP contribution in [0.2, 0.25) is 0 Å². The van der Waals surface area contributed by atoms with Gasteiger partial charge in [-0.1, -0.05) is 0 Å². The van der Waals surface area contributed by atoms with Gasteiger partial charge in [-0.15, -0.1) is 11.3 Å². The van der Waals surface area contributed by atoms with Crippen molar-refractivity contribution in [3.63, 3.8) is 0 Å². The van der Waals surface area contributed by atoms with Crippen LogP contribution in [0, 0.1) is 5.92 Å². The van der Waals surface area contributed by atoms with Crippen LogP contribution in [0.15, 0.2) is 16.3 Å². The van der Waals surface area contributed by atoms with Gasteiger partial charge in [0.25, 0.3) is 0 Å². The maximum Gasteiger partial charge on any atom is 0.244 e. The summed E-state index contributed by atoms with van der Waals surface area (Å²) in [4.78, 5) is 1.25. The van der Waals surface area contributed by atoms with Crippen LogP contribution in [0.5, 0.6) is 0 Å². The van der Waals surface area contributed by atoms with Gasteiger partial charge in [-0.3, -0.25) is 0 Å². The van der Waals surface area contributed by atoms with E-state index in [1.165, 1.54) is 28.5 Å². The summed E-state index contributed by atoms with van der Waals surface area (Å²) in [5, 5.41) is 4.81. The molecule has 114 valence electrons. The topological polar surface area (TPSA) is 58.6 Å². The van der Waals surface area contributed by atoms with Gasteiger partial charge < -0.3 is 10.1 Å². The first-order chi connectivity index (χ1) is 9.55. The van der Waals surface area contributed by atoms with Crippen molar-refractivity contribution in [2.45, 2.75) is 24.3 Å². The standard InChI is InChI=1S/C13H22N2O3S2/c1-14-9-12-13(5-8-19-12)20(16,17)15(2)6-7-18-10-11-3-4-11/h5,8,11,14H,3-4,6-7,9-10H2,1-2H3. The molecule has 0 saturated heterocycles. The Morgan fingerprint density at radius 2 is 2.25 bits per heavy atom. The second kappa shape index (κ2) is 7.00. The third kappa shape index (κ3) is 4.02. The van der Waals surface area contributed by atoms with E-state index in [1.807, 2.05) is 12.4 Å². The van der Waals surface area contributed by atoms with Gasteiger partial charge in [0.2, 0.25) is 10.0 Å². The Hall–Kier alpha value is -0.470. The van der Waals surface area contributed by atoms with E-state index >= 15 is 0 Å². The summed E-state index contributed by atoms with van der Waals surface area (Å²) in [6, 6.07) is 1.67. The van der Waals surface area contributed by atoms with E-state index in [2.05, 4.69) is 5.32 Å². The summed E-state index contributed by atoms with van der Waals surface area (Å²) in [7, 11) is 0.00901. The predicted molar refractivity (Wildman–Crippen MR) is 80.4 cm³/mol. The van der Waals surface area contributed by atoms with Gasteiger partial charge in [-0.05, 0) is 37.3 Å². The summed E-state index contributed by atoms with van der Waals surface area (Å²) >= 11 is 1.46. The first-order valence-corrected chi connectivity index (χ1v) is 9.12. The number of sulfonamides is 1. The lowest BCUT2D eigenvalue weighted by Gasteiger charge is -2.17. The molecule has 1 aliphatic rings. The first-order valence-electron chi connectivity index (χ1n) is 6.80. The molecule has 0 spiro atoms. The van der Waals surface area contributed by atoms with Gasteiger partial charge in [0.1, 0.15) is 0 Å². The Morgan fingerprint density at radius 3 is 2.90 bits per heavy atom. The normalized spacial score (nSPS) is 15.9.